The Morgan fingerprint density at radius 1 is 1.04 bits per heavy atom. The third kappa shape index (κ3) is 4.73. The number of ketones is 1. The molecule has 6 nitrogen and oxygen atoms in total. The van der Waals surface area contributed by atoms with Crippen LogP contribution < -0.4 is 5.32 Å². The molecule has 0 bridgehead atoms. The molecule has 2 heterocycles. The van der Waals surface area contributed by atoms with Crippen LogP contribution in [0.1, 0.15) is 17.3 Å². The van der Waals surface area contributed by atoms with Gasteiger partial charge in [-0.2, -0.15) is 0 Å². The summed E-state index contributed by atoms with van der Waals surface area (Å²) in [5, 5.41) is 11.8. The molecule has 0 unspecified atom stereocenters. The summed E-state index contributed by atoms with van der Waals surface area (Å²) >= 11 is 1.30. The van der Waals surface area contributed by atoms with Crippen molar-refractivity contribution in [2.45, 2.75) is 11.9 Å². The predicted octanol–water partition coefficient (Wildman–Crippen LogP) is 3.47. The Hall–Kier alpha value is -3.06. The van der Waals surface area contributed by atoms with Gasteiger partial charge in [-0.25, -0.2) is 0 Å². The van der Waals surface area contributed by atoms with Crippen molar-refractivity contribution >= 4 is 29.1 Å². The fraction of sp³-hybridized carbons (Fsp3) is 0.105. The second-order valence-electron chi connectivity index (χ2n) is 5.47. The van der Waals surface area contributed by atoms with Crippen LogP contribution in [0.5, 0.6) is 0 Å². The molecule has 1 N–H and O–H groups in total. The number of thioether (sulfide) groups is 1. The van der Waals surface area contributed by atoms with Gasteiger partial charge in [-0.3, -0.25) is 14.6 Å². The van der Waals surface area contributed by atoms with Crippen LogP contribution in [0, 0.1) is 0 Å². The minimum atomic E-state index is -0.171. The highest BCUT2D eigenvalue weighted by Crippen LogP contribution is 2.19. The summed E-state index contributed by atoms with van der Waals surface area (Å²) in [6.07, 6.45) is 3.40. The van der Waals surface area contributed by atoms with Crippen LogP contribution in [0.3, 0.4) is 0 Å². The lowest BCUT2D eigenvalue weighted by molar-refractivity contribution is -0.113. The number of nitrogens with one attached hydrogen (secondary N) is 1. The number of Topliss-reactive ketones (excluding diaryl/α,β-unsaturated/α-hetero) is 1. The van der Waals surface area contributed by atoms with Gasteiger partial charge in [-0.15, -0.1) is 10.2 Å². The molecule has 0 saturated carbocycles. The molecule has 0 radical (unpaired) electrons. The fourth-order valence-corrected chi connectivity index (χ4v) is 2.84. The smallest absolute Gasteiger partial charge is 0.234 e. The van der Waals surface area contributed by atoms with Crippen LogP contribution in [-0.2, 0) is 4.79 Å². The number of hydrogen-bond donors (Lipinski definition) is 1. The number of carbonyl (C=O) groups is 2. The molecule has 130 valence electrons. The Morgan fingerprint density at radius 2 is 1.85 bits per heavy atom. The lowest BCUT2D eigenvalue weighted by atomic mass is 10.1. The van der Waals surface area contributed by atoms with E-state index in [0.29, 0.717) is 16.3 Å². The Labute approximate surface area is 155 Å². The molecule has 3 aromatic rings. The minimum absolute atomic E-state index is 0.0416. The van der Waals surface area contributed by atoms with E-state index in [4.69, 9.17) is 0 Å². The summed E-state index contributed by atoms with van der Waals surface area (Å²) in [6.45, 7) is 1.49. The summed E-state index contributed by atoms with van der Waals surface area (Å²) in [4.78, 5) is 27.4. The van der Waals surface area contributed by atoms with Crippen molar-refractivity contribution < 1.29 is 9.59 Å². The third-order valence-corrected chi connectivity index (χ3v) is 4.44. The van der Waals surface area contributed by atoms with E-state index < -0.39 is 0 Å². The molecule has 0 fully saturated rings. The maximum Gasteiger partial charge on any atom is 0.234 e. The molecule has 1 amide bonds. The molecule has 1 aromatic carbocycles. The van der Waals surface area contributed by atoms with Crippen molar-refractivity contribution in [3.8, 4) is 11.3 Å². The zero-order valence-electron chi connectivity index (χ0n) is 14.0. The largest absolute Gasteiger partial charge is 0.325 e. The van der Waals surface area contributed by atoms with Crippen molar-refractivity contribution in [3.63, 3.8) is 0 Å². The van der Waals surface area contributed by atoms with Crippen molar-refractivity contribution in [3.05, 3.63) is 66.5 Å². The monoisotopic (exact) mass is 364 g/mol. The summed E-state index contributed by atoms with van der Waals surface area (Å²) < 4.78 is 0. The molecule has 0 saturated heterocycles. The van der Waals surface area contributed by atoms with E-state index in [2.05, 4.69) is 20.5 Å². The minimum Gasteiger partial charge on any atom is -0.325 e. The lowest BCUT2D eigenvalue weighted by Gasteiger charge is -2.06. The predicted molar refractivity (Wildman–Crippen MR) is 101 cm³/mol. The number of rotatable bonds is 6. The molecule has 7 heteroatoms. The second-order valence-corrected chi connectivity index (χ2v) is 6.46. The SMILES string of the molecule is CC(=O)c1cccc(NC(=O)CSc2ccc(-c3ccncc3)nn2)c1. The molecular formula is C19H16N4O2S. The van der Waals surface area contributed by atoms with E-state index in [1.54, 1.807) is 36.7 Å². The zero-order chi connectivity index (χ0) is 18.4. The van der Waals surface area contributed by atoms with Gasteiger partial charge in [0.1, 0.15) is 5.03 Å². The molecule has 0 spiro atoms. The first kappa shape index (κ1) is 17.8. The average Bonchev–Trinajstić information content (AvgIpc) is 2.68. The van der Waals surface area contributed by atoms with Gasteiger partial charge in [0.05, 0.1) is 11.4 Å². The van der Waals surface area contributed by atoms with E-state index in [9.17, 15) is 9.59 Å². The van der Waals surface area contributed by atoms with Gasteiger partial charge in [-0.05, 0) is 43.3 Å². The number of hydrogen-bond acceptors (Lipinski definition) is 6. The maximum atomic E-state index is 12.1. The first-order valence-corrected chi connectivity index (χ1v) is 8.88. The number of aromatic nitrogens is 3. The zero-order valence-corrected chi connectivity index (χ0v) is 14.9. The van der Waals surface area contributed by atoms with E-state index in [1.807, 2.05) is 24.3 Å². The van der Waals surface area contributed by atoms with Crippen LogP contribution in [0.4, 0.5) is 5.69 Å². The number of nitrogens with zero attached hydrogens (tertiary/aromatic N) is 3. The van der Waals surface area contributed by atoms with Crippen molar-refractivity contribution in [2.75, 3.05) is 11.1 Å². The van der Waals surface area contributed by atoms with Gasteiger partial charge in [0, 0.05) is 29.2 Å². The van der Waals surface area contributed by atoms with Gasteiger partial charge in [0.25, 0.3) is 0 Å². The molecule has 3 rings (SSSR count). The second kappa shape index (κ2) is 8.35. The Kier molecular flexibility index (Phi) is 5.70. The van der Waals surface area contributed by atoms with Gasteiger partial charge >= 0.3 is 0 Å². The van der Waals surface area contributed by atoms with Crippen LogP contribution in [0.15, 0.2) is 66.0 Å². The first-order chi connectivity index (χ1) is 12.6. The topological polar surface area (TPSA) is 84.8 Å². The number of benzene rings is 1. The van der Waals surface area contributed by atoms with Gasteiger partial charge < -0.3 is 5.32 Å². The van der Waals surface area contributed by atoms with E-state index in [1.165, 1.54) is 18.7 Å². The van der Waals surface area contributed by atoms with Gasteiger partial charge in [0.2, 0.25) is 5.91 Å². The maximum absolute atomic E-state index is 12.1. The normalized spacial score (nSPS) is 10.3. The summed E-state index contributed by atoms with van der Waals surface area (Å²) in [5.74, 6) is -0.0103. The van der Waals surface area contributed by atoms with Gasteiger partial charge in [0.15, 0.2) is 5.78 Å². The first-order valence-electron chi connectivity index (χ1n) is 7.89. The van der Waals surface area contributed by atoms with Crippen LogP contribution >= 0.6 is 11.8 Å². The summed E-state index contributed by atoms with van der Waals surface area (Å²) in [5.41, 5.74) is 2.85. The van der Waals surface area contributed by atoms with Crippen molar-refractivity contribution in [2.24, 2.45) is 0 Å². The number of carbonyl (C=O) groups excluding carboxylic acids is 2. The van der Waals surface area contributed by atoms with Crippen molar-refractivity contribution in [1.82, 2.24) is 15.2 Å². The fourth-order valence-electron chi connectivity index (χ4n) is 2.23. The molecule has 0 aliphatic carbocycles. The Morgan fingerprint density at radius 3 is 2.54 bits per heavy atom. The Bertz CT molecular complexity index is 914. The highest BCUT2D eigenvalue weighted by atomic mass is 32.2. The summed E-state index contributed by atoms with van der Waals surface area (Å²) in [6, 6.07) is 14.3. The Balaban J connectivity index is 1.56. The molecular weight excluding hydrogens is 348 g/mol. The number of amides is 1. The number of anilines is 1. The molecule has 0 atom stereocenters. The van der Waals surface area contributed by atoms with E-state index in [0.717, 1.165) is 11.3 Å². The quantitative estimate of drug-likeness (QED) is 0.532. The van der Waals surface area contributed by atoms with Crippen LogP contribution in [0.2, 0.25) is 0 Å². The molecule has 0 aliphatic heterocycles. The van der Waals surface area contributed by atoms with Gasteiger partial charge in [-0.1, -0.05) is 23.9 Å². The molecule has 2 aromatic heterocycles. The molecule has 0 aliphatic rings. The van der Waals surface area contributed by atoms with Crippen molar-refractivity contribution in [1.29, 1.82) is 0 Å². The van der Waals surface area contributed by atoms with E-state index in [-0.39, 0.29) is 17.4 Å². The van der Waals surface area contributed by atoms with E-state index >= 15 is 0 Å². The highest BCUT2D eigenvalue weighted by Gasteiger charge is 2.07. The number of pyridine rings is 1. The standard InChI is InChI=1S/C19H16N4O2S/c1-13(24)15-3-2-4-16(11-15)21-18(25)12-26-19-6-5-17(22-23-19)14-7-9-20-10-8-14/h2-11H,12H2,1H3,(H,21,25). The van der Waals surface area contributed by atoms with Crippen LogP contribution in [0.25, 0.3) is 11.3 Å². The van der Waals surface area contributed by atoms with Crippen LogP contribution in [-0.4, -0.2) is 32.6 Å². The lowest BCUT2D eigenvalue weighted by Crippen LogP contribution is -2.14. The summed E-state index contributed by atoms with van der Waals surface area (Å²) in [7, 11) is 0. The highest BCUT2D eigenvalue weighted by molar-refractivity contribution is 7.99. The third-order valence-electron chi connectivity index (χ3n) is 3.52. The average molecular weight is 364 g/mol. The molecule has 26 heavy (non-hydrogen) atoms.